The van der Waals surface area contributed by atoms with Gasteiger partial charge in [-0.25, -0.2) is 0 Å². The molecular formula is C21H21N. The van der Waals surface area contributed by atoms with Crippen molar-refractivity contribution < 1.29 is 0 Å². The molecule has 2 aromatic carbocycles. The first kappa shape index (κ1) is 14.4. The van der Waals surface area contributed by atoms with Crippen LogP contribution in [0.2, 0.25) is 0 Å². The summed E-state index contributed by atoms with van der Waals surface area (Å²) in [6, 6.07) is 13.3. The topological polar surface area (TPSA) is 4.93 Å². The van der Waals surface area contributed by atoms with Gasteiger partial charge in [0.05, 0.1) is 11.0 Å². The van der Waals surface area contributed by atoms with E-state index in [0.717, 1.165) is 5.70 Å². The maximum absolute atomic E-state index is 4.00. The predicted octanol–water partition coefficient (Wildman–Crippen LogP) is 6.01. The lowest BCUT2D eigenvalue weighted by molar-refractivity contribution is 1.23. The molecular weight excluding hydrogens is 266 g/mol. The number of aryl methyl sites for hydroxylation is 2. The first-order chi connectivity index (χ1) is 10.7. The van der Waals surface area contributed by atoms with Crippen LogP contribution in [-0.2, 0) is 0 Å². The van der Waals surface area contributed by atoms with E-state index in [4.69, 9.17) is 0 Å². The van der Waals surface area contributed by atoms with Crippen molar-refractivity contribution in [1.29, 1.82) is 0 Å². The van der Waals surface area contributed by atoms with Gasteiger partial charge in [-0.3, -0.25) is 0 Å². The van der Waals surface area contributed by atoms with E-state index in [1.165, 1.54) is 32.9 Å². The molecule has 1 aromatic heterocycles. The van der Waals surface area contributed by atoms with Gasteiger partial charge in [0.25, 0.3) is 0 Å². The van der Waals surface area contributed by atoms with E-state index < -0.39 is 0 Å². The molecule has 0 saturated heterocycles. The SMILES string of the molecule is C=C/C(=C\C=C/C)n1c2ccc(C)cc2c2cc(C)ccc21. The molecule has 0 aliphatic rings. The van der Waals surface area contributed by atoms with Crippen molar-refractivity contribution in [3.8, 4) is 0 Å². The fraction of sp³-hybridized carbons (Fsp3) is 0.143. The van der Waals surface area contributed by atoms with Crippen molar-refractivity contribution in [2.75, 3.05) is 0 Å². The van der Waals surface area contributed by atoms with Crippen molar-refractivity contribution in [2.24, 2.45) is 0 Å². The molecule has 1 heteroatoms. The summed E-state index contributed by atoms with van der Waals surface area (Å²) >= 11 is 0. The smallest absolute Gasteiger partial charge is 0.0541 e. The zero-order valence-corrected chi connectivity index (χ0v) is 13.4. The molecule has 1 heterocycles. The monoisotopic (exact) mass is 287 g/mol. The van der Waals surface area contributed by atoms with Gasteiger partial charge in [0.15, 0.2) is 0 Å². The minimum absolute atomic E-state index is 1.09. The van der Waals surface area contributed by atoms with Crippen LogP contribution in [0.4, 0.5) is 0 Å². The third-order valence-electron chi connectivity index (χ3n) is 4.00. The summed E-state index contributed by atoms with van der Waals surface area (Å²) in [4.78, 5) is 0. The first-order valence-electron chi connectivity index (χ1n) is 7.63. The summed E-state index contributed by atoms with van der Waals surface area (Å²) in [7, 11) is 0. The van der Waals surface area contributed by atoms with E-state index in [-0.39, 0.29) is 0 Å². The van der Waals surface area contributed by atoms with E-state index in [9.17, 15) is 0 Å². The van der Waals surface area contributed by atoms with Crippen molar-refractivity contribution in [3.05, 3.63) is 78.4 Å². The van der Waals surface area contributed by atoms with Crippen LogP contribution in [0.5, 0.6) is 0 Å². The first-order valence-corrected chi connectivity index (χ1v) is 7.63. The van der Waals surface area contributed by atoms with Gasteiger partial charge in [0, 0.05) is 16.5 Å². The van der Waals surface area contributed by atoms with Gasteiger partial charge in [0.1, 0.15) is 0 Å². The quantitative estimate of drug-likeness (QED) is 0.519. The Balaban J connectivity index is 2.48. The fourth-order valence-electron chi connectivity index (χ4n) is 2.96. The molecule has 0 radical (unpaired) electrons. The lowest BCUT2D eigenvalue weighted by atomic mass is 10.1. The number of rotatable bonds is 3. The zero-order valence-electron chi connectivity index (χ0n) is 13.4. The summed E-state index contributed by atoms with van der Waals surface area (Å²) in [5.41, 5.74) is 6.10. The van der Waals surface area contributed by atoms with Crippen LogP contribution < -0.4 is 0 Å². The molecule has 3 rings (SSSR count). The summed E-state index contributed by atoms with van der Waals surface area (Å²) < 4.78 is 2.29. The van der Waals surface area contributed by atoms with Crippen molar-refractivity contribution in [3.63, 3.8) is 0 Å². The Morgan fingerprint density at radius 1 is 0.955 bits per heavy atom. The second kappa shape index (κ2) is 5.69. The molecule has 0 aliphatic heterocycles. The molecule has 0 unspecified atom stereocenters. The van der Waals surface area contributed by atoms with E-state index in [1.54, 1.807) is 0 Å². The maximum Gasteiger partial charge on any atom is 0.0541 e. The average molecular weight is 287 g/mol. The number of nitrogens with zero attached hydrogens (tertiary/aromatic N) is 1. The molecule has 0 amide bonds. The van der Waals surface area contributed by atoms with Crippen molar-refractivity contribution in [1.82, 2.24) is 4.57 Å². The van der Waals surface area contributed by atoms with Crippen LogP contribution in [-0.4, -0.2) is 4.57 Å². The Morgan fingerprint density at radius 2 is 1.50 bits per heavy atom. The highest BCUT2D eigenvalue weighted by Crippen LogP contribution is 2.33. The molecule has 110 valence electrons. The van der Waals surface area contributed by atoms with Gasteiger partial charge < -0.3 is 4.57 Å². The van der Waals surface area contributed by atoms with Crippen LogP contribution >= 0.6 is 0 Å². The van der Waals surface area contributed by atoms with Gasteiger partial charge in [-0.05, 0) is 57.2 Å². The minimum atomic E-state index is 1.09. The van der Waals surface area contributed by atoms with Crippen molar-refractivity contribution >= 4 is 27.5 Å². The van der Waals surface area contributed by atoms with Gasteiger partial charge in [0.2, 0.25) is 0 Å². The van der Waals surface area contributed by atoms with Crippen LogP contribution in [0.1, 0.15) is 18.1 Å². The average Bonchev–Trinajstić information content (AvgIpc) is 2.82. The van der Waals surface area contributed by atoms with Crippen molar-refractivity contribution in [2.45, 2.75) is 20.8 Å². The Kier molecular flexibility index (Phi) is 3.72. The molecule has 0 bridgehead atoms. The number of benzene rings is 2. The maximum atomic E-state index is 4.00. The summed E-state index contributed by atoms with van der Waals surface area (Å²) in [5.74, 6) is 0. The molecule has 0 atom stereocenters. The fourth-order valence-corrected chi connectivity index (χ4v) is 2.96. The number of aromatic nitrogens is 1. The minimum Gasteiger partial charge on any atom is -0.309 e. The third-order valence-corrected chi connectivity index (χ3v) is 4.00. The standard InChI is InChI=1S/C21H21N/c1-5-7-8-17(6-2)22-20-11-9-15(3)13-18(20)19-14-16(4)10-12-21(19)22/h5-14H,2H2,1,3-4H3/b7-5-,17-8+. The zero-order chi connectivity index (χ0) is 15.7. The number of hydrogen-bond donors (Lipinski definition) is 0. The van der Waals surface area contributed by atoms with E-state index in [0.29, 0.717) is 0 Å². The highest BCUT2D eigenvalue weighted by atomic mass is 15.0. The highest BCUT2D eigenvalue weighted by molar-refractivity contribution is 6.10. The summed E-state index contributed by atoms with van der Waals surface area (Å²) in [5, 5.41) is 2.60. The largest absolute Gasteiger partial charge is 0.309 e. The number of hydrogen-bond acceptors (Lipinski definition) is 0. The van der Waals surface area contributed by atoms with E-state index in [2.05, 4.69) is 73.5 Å². The van der Waals surface area contributed by atoms with Crippen LogP contribution in [0.15, 0.2) is 67.3 Å². The van der Waals surface area contributed by atoms with Gasteiger partial charge in [-0.2, -0.15) is 0 Å². The number of fused-ring (bicyclic) bond motifs is 3. The Labute approximate surface area is 131 Å². The lowest BCUT2D eigenvalue weighted by Crippen LogP contribution is -1.94. The number of allylic oxidation sites excluding steroid dienone is 5. The van der Waals surface area contributed by atoms with Gasteiger partial charge in [-0.1, -0.05) is 42.0 Å². The normalized spacial score (nSPS) is 12.6. The molecule has 22 heavy (non-hydrogen) atoms. The van der Waals surface area contributed by atoms with Gasteiger partial charge in [-0.15, -0.1) is 0 Å². The highest BCUT2D eigenvalue weighted by Gasteiger charge is 2.12. The molecule has 1 nitrogen and oxygen atoms in total. The molecule has 3 aromatic rings. The molecule has 0 spiro atoms. The van der Waals surface area contributed by atoms with E-state index >= 15 is 0 Å². The van der Waals surface area contributed by atoms with Crippen LogP contribution in [0.3, 0.4) is 0 Å². The Morgan fingerprint density at radius 3 is 1.95 bits per heavy atom. The second-order valence-electron chi connectivity index (χ2n) is 5.70. The Bertz CT molecular complexity index is 861. The molecule has 0 fully saturated rings. The molecule has 0 aliphatic carbocycles. The summed E-state index contributed by atoms with van der Waals surface area (Å²) in [6.07, 6.45) is 8.10. The Hall–Kier alpha value is -2.54. The van der Waals surface area contributed by atoms with E-state index in [1.807, 2.05) is 19.1 Å². The van der Waals surface area contributed by atoms with Crippen LogP contribution in [0, 0.1) is 13.8 Å². The predicted molar refractivity (Wildman–Crippen MR) is 98.2 cm³/mol. The molecule has 0 saturated carbocycles. The lowest BCUT2D eigenvalue weighted by Gasteiger charge is -2.08. The summed E-state index contributed by atoms with van der Waals surface area (Å²) in [6.45, 7) is 10.3. The second-order valence-corrected chi connectivity index (χ2v) is 5.70. The van der Waals surface area contributed by atoms with Gasteiger partial charge >= 0.3 is 0 Å². The van der Waals surface area contributed by atoms with Crippen LogP contribution in [0.25, 0.3) is 27.5 Å². The molecule has 0 N–H and O–H groups in total. The third kappa shape index (κ3) is 2.29.